The molecule has 4 rings (SSSR count). The molecular weight excluding hydrogens is 388 g/mol. The van der Waals surface area contributed by atoms with E-state index in [9.17, 15) is 14.4 Å². The van der Waals surface area contributed by atoms with Crippen LogP contribution in [0.3, 0.4) is 0 Å². The summed E-state index contributed by atoms with van der Waals surface area (Å²) in [5.41, 5.74) is 1.46. The molecule has 0 radical (unpaired) electrons. The fourth-order valence-electron chi connectivity index (χ4n) is 2.85. The van der Waals surface area contributed by atoms with Gasteiger partial charge in [0, 0.05) is 5.69 Å². The zero-order valence-electron chi connectivity index (χ0n) is 15.2. The van der Waals surface area contributed by atoms with Gasteiger partial charge in [0.05, 0.1) is 4.91 Å². The predicted molar refractivity (Wildman–Crippen MR) is 114 cm³/mol. The molecule has 3 aromatic carbocycles. The molecule has 2 N–H and O–H groups in total. The number of benzene rings is 3. The lowest BCUT2D eigenvalue weighted by molar-refractivity contribution is -0.118. The van der Waals surface area contributed by atoms with Gasteiger partial charge in [0.15, 0.2) is 6.61 Å². The Kier molecular flexibility index (Phi) is 5.31. The molecule has 6 nitrogen and oxygen atoms in total. The lowest BCUT2D eigenvalue weighted by Gasteiger charge is -2.08. The number of nitrogens with one attached hydrogen (secondary N) is 2. The van der Waals surface area contributed by atoms with Crippen molar-refractivity contribution in [3.8, 4) is 5.75 Å². The number of fused-ring (bicyclic) bond motifs is 1. The lowest BCUT2D eigenvalue weighted by atomic mass is 10.1. The Labute approximate surface area is 170 Å². The fourth-order valence-corrected chi connectivity index (χ4v) is 3.53. The van der Waals surface area contributed by atoms with Crippen LogP contribution in [0.4, 0.5) is 10.5 Å². The second-order valence-corrected chi connectivity index (χ2v) is 7.33. The topological polar surface area (TPSA) is 84.5 Å². The highest BCUT2D eigenvalue weighted by molar-refractivity contribution is 8.18. The van der Waals surface area contributed by atoms with Gasteiger partial charge in [-0.15, -0.1) is 0 Å². The van der Waals surface area contributed by atoms with Gasteiger partial charge in [0.1, 0.15) is 5.75 Å². The zero-order valence-corrected chi connectivity index (χ0v) is 16.0. The molecule has 1 aliphatic rings. The number of ether oxygens (including phenoxy) is 1. The summed E-state index contributed by atoms with van der Waals surface area (Å²) in [5.74, 6) is -0.130. The van der Waals surface area contributed by atoms with Gasteiger partial charge >= 0.3 is 0 Å². The molecule has 0 saturated carbocycles. The maximum atomic E-state index is 12.2. The van der Waals surface area contributed by atoms with Gasteiger partial charge in [-0.1, -0.05) is 42.5 Å². The number of amides is 3. The summed E-state index contributed by atoms with van der Waals surface area (Å²) < 4.78 is 5.52. The van der Waals surface area contributed by atoms with Crippen molar-refractivity contribution in [3.05, 3.63) is 77.2 Å². The van der Waals surface area contributed by atoms with Gasteiger partial charge in [-0.25, -0.2) is 0 Å². The second kappa shape index (κ2) is 8.20. The third kappa shape index (κ3) is 4.64. The molecule has 144 valence electrons. The van der Waals surface area contributed by atoms with Crippen LogP contribution in [0.25, 0.3) is 16.8 Å². The first kappa shape index (κ1) is 18.8. The molecule has 3 amide bonds. The molecule has 1 saturated heterocycles. The molecule has 0 bridgehead atoms. The monoisotopic (exact) mass is 404 g/mol. The summed E-state index contributed by atoms with van der Waals surface area (Å²) >= 11 is 0.866. The maximum Gasteiger partial charge on any atom is 0.290 e. The van der Waals surface area contributed by atoms with Crippen molar-refractivity contribution < 1.29 is 19.1 Å². The van der Waals surface area contributed by atoms with E-state index in [0.717, 1.165) is 28.1 Å². The van der Waals surface area contributed by atoms with E-state index in [0.29, 0.717) is 16.3 Å². The van der Waals surface area contributed by atoms with Crippen LogP contribution in [0.2, 0.25) is 0 Å². The van der Waals surface area contributed by atoms with E-state index >= 15 is 0 Å². The predicted octanol–water partition coefficient (Wildman–Crippen LogP) is 4.18. The minimum atomic E-state index is -0.398. The first-order valence-corrected chi connectivity index (χ1v) is 9.65. The van der Waals surface area contributed by atoms with Crippen molar-refractivity contribution in [1.29, 1.82) is 0 Å². The van der Waals surface area contributed by atoms with E-state index in [1.54, 1.807) is 30.3 Å². The third-order valence-corrected chi connectivity index (χ3v) is 5.03. The van der Waals surface area contributed by atoms with Crippen molar-refractivity contribution in [2.75, 3.05) is 11.9 Å². The van der Waals surface area contributed by atoms with E-state index < -0.39 is 5.91 Å². The Hall–Kier alpha value is -3.58. The molecule has 0 aliphatic carbocycles. The Morgan fingerprint density at radius 2 is 1.76 bits per heavy atom. The molecule has 1 heterocycles. The van der Waals surface area contributed by atoms with Crippen molar-refractivity contribution in [1.82, 2.24) is 5.32 Å². The molecular formula is C22H16N2O4S. The Morgan fingerprint density at radius 1 is 1.00 bits per heavy atom. The van der Waals surface area contributed by atoms with E-state index in [2.05, 4.69) is 10.6 Å². The number of rotatable bonds is 5. The van der Waals surface area contributed by atoms with Crippen LogP contribution in [-0.4, -0.2) is 23.7 Å². The van der Waals surface area contributed by atoms with Crippen LogP contribution in [-0.2, 0) is 9.59 Å². The average Bonchev–Trinajstić information content (AvgIpc) is 3.04. The first-order chi connectivity index (χ1) is 14.1. The molecule has 29 heavy (non-hydrogen) atoms. The minimum absolute atomic E-state index is 0.125. The summed E-state index contributed by atoms with van der Waals surface area (Å²) in [4.78, 5) is 35.3. The average molecular weight is 404 g/mol. The Morgan fingerprint density at radius 3 is 2.48 bits per heavy atom. The highest BCUT2D eigenvalue weighted by Gasteiger charge is 2.24. The first-order valence-electron chi connectivity index (χ1n) is 8.83. The van der Waals surface area contributed by atoms with Gasteiger partial charge in [-0.3, -0.25) is 19.7 Å². The van der Waals surface area contributed by atoms with Gasteiger partial charge in [0.25, 0.3) is 17.1 Å². The summed E-state index contributed by atoms with van der Waals surface area (Å²) in [6.07, 6.45) is 1.63. The maximum absolute atomic E-state index is 12.2. The number of hydrogen-bond acceptors (Lipinski definition) is 5. The number of hydrogen-bond donors (Lipinski definition) is 2. The molecule has 1 fully saturated rings. The second-order valence-electron chi connectivity index (χ2n) is 6.32. The number of thioether (sulfide) groups is 1. The Bertz CT molecular complexity index is 1140. The number of carbonyl (C=O) groups excluding carboxylic acids is 3. The largest absolute Gasteiger partial charge is 0.484 e. The quantitative estimate of drug-likeness (QED) is 0.623. The summed E-state index contributed by atoms with van der Waals surface area (Å²) in [6, 6.07) is 20.5. The van der Waals surface area contributed by atoms with Crippen LogP contribution in [0.5, 0.6) is 5.75 Å². The number of carbonyl (C=O) groups is 3. The molecule has 1 aliphatic heterocycles. The standard InChI is InChI=1S/C22H16N2O4S/c25-20(23-17-8-7-15-3-1-2-4-16(15)12-17)13-28-18-9-5-14(6-10-18)11-19-21(26)24-22(27)29-19/h1-12H,13H2,(H,23,25)(H,24,26,27)/b19-11-. The van der Waals surface area contributed by atoms with Crippen molar-refractivity contribution in [2.45, 2.75) is 0 Å². The van der Waals surface area contributed by atoms with E-state index in [1.807, 2.05) is 42.5 Å². The number of anilines is 1. The van der Waals surface area contributed by atoms with E-state index in [-0.39, 0.29) is 17.8 Å². The van der Waals surface area contributed by atoms with E-state index in [1.165, 1.54) is 0 Å². The highest BCUT2D eigenvalue weighted by Crippen LogP contribution is 2.26. The normalized spacial score (nSPS) is 14.8. The molecule has 7 heteroatoms. The molecule has 0 unspecified atom stereocenters. The van der Waals surface area contributed by atoms with Gasteiger partial charge in [0.2, 0.25) is 0 Å². The SMILES string of the molecule is O=C(COc1ccc(/C=C2\SC(=O)NC2=O)cc1)Nc1ccc2ccccc2c1. The lowest BCUT2D eigenvalue weighted by Crippen LogP contribution is -2.20. The summed E-state index contributed by atoms with van der Waals surface area (Å²) in [5, 5.41) is 6.81. The Balaban J connectivity index is 1.33. The van der Waals surface area contributed by atoms with Gasteiger partial charge in [-0.2, -0.15) is 0 Å². The molecule has 0 aromatic heterocycles. The van der Waals surface area contributed by atoms with Gasteiger partial charge in [-0.05, 0) is 58.4 Å². The van der Waals surface area contributed by atoms with Crippen LogP contribution < -0.4 is 15.4 Å². The van der Waals surface area contributed by atoms with Crippen molar-refractivity contribution >= 4 is 51.4 Å². The minimum Gasteiger partial charge on any atom is -0.484 e. The van der Waals surface area contributed by atoms with Gasteiger partial charge < -0.3 is 10.1 Å². The van der Waals surface area contributed by atoms with Crippen molar-refractivity contribution in [3.63, 3.8) is 0 Å². The van der Waals surface area contributed by atoms with Crippen LogP contribution in [0.1, 0.15) is 5.56 Å². The summed E-state index contributed by atoms with van der Waals surface area (Å²) in [7, 11) is 0. The smallest absolute Gasteiger partial charge is 0.290 e. The van der Waals surface area contributed by atoms with E-state index in [4.69, 9.17) is 4.74 Å². The molecule has 0 spiro atoms. The highest BCUT2D eigenvalue weighted by atomic mass is 32.2. The third-order valence-electron chi connectivity index (χ3n) is 4.22. The van der Waals surface area contributed by atoms with Crippen LogP contribution in [0, 0.1) is 0 Å². The fraction of sp³-hybridized carbons (Fsp3) is 0.0455. The van der Waals surface area contributed by atoms with Crippen LogP contribution >= 0.6 is 11.8 Å². The summed E-state index contributed by atoms with van der Waals surface area (Å²) in [6.45, 7) is -0.125. The van der Waals surface area contributed by atoms with Crippen molar-refractivity contribution in [2.24, 2.45) is 0 Å². The number of imide groups is 1. The molecule has 0 atom stereocenters. The van der Waals surface area contributed by atoms with Crippen LogP contribution in [0.15, 0.2) is 71.6 Å². The molecule has 3 aromatic rings. The zero-order chi connectivity index (χ0) is 20.2.